The van der Waals surface area contributed by atoms with Crippen molar-refractivity contribution in [1.82, 2.24) is 0 Å². The maximum absolute atomic E-state index is 9.07. The highest BCUT2D eigenvalue weighted by atomic mass is 16.7. The summed E-state index contributed by atoms with van der Waals surface area (Å²) in [7, 11) is 0. The third-order valence-corrected chi connectivity index (χ3v) is 3.15. The molecule has 2 fully saturated rings. The largest absolute Gasteiger partial charge is 0.393 e. The molecule has 1 atom stereocenters. The van der Waals surface area contributed by atoms with Gasteiger partial charge in [-0.05, 0) is 38.5 Å². The molecule has 0 aromatic carbocycles. The molecule has 1 aliphatic heterocycles. The van der Waals surface area contributed by atoms with Crippen LogP contribution in [-0.4, -0.2) is 43.4 Å². The summed E-state index contributed by atoms with van der Waals surface area (Å²) in [6, 6.07) is 0. The molecule has 1 unspecified atom stereocenters. The molecule has 1 saturated heterocycles. The van der Waals surface area contributed by atoms with E-state index in [1.165, 1.54) is 6.42 Å². The van der Waals surface area contributed by atoms with E-state index >= 15 is 0 Å². The van der Waals surface area contributed by atoms with Gasteiger partial charge in [0.15, 0.2) is 6.29 Å². The minimum atomic E-state index is -0.128. The lowest BCUT2D eigenvalue weighted by Crippen LogP contribution is -2.35. The maximum atomic E-state index is 9.07. The molecule has 0 aromatic heterocycles. The topological polar surface area (TPSA) is 47.9 Å². The Labute approximate surface area is 96.9 Å². The van der Waals surface area contributed by atoms with Crippen molar-refractivity contribution >= 4 is 0 Å². The fourth-order valence-electron chi connectivity index (χ4n) is 2.04. The summed E-state index contributed by atoms with van der Waals surface area (Å²) >= 11 is 0. The molecule has 0 aromatic rings. The van der Waals surface area contributed by atoms with E-state index in [1.54, 1.807) is 0 Å². The second-order valence-electron chi connectivity index (χ2n) is 4.64. The Morgan fingerprint density at radius 1 is 1.12 bits per heavy atom. The Balaban J connectivity index is 1.40. The van der Waals surface area contributed by atoms with Gasteiger partial charge in [0.25, 0.3) is 0 Å². The lowest BCUT2D eigenvalue weighted by atomic mass is 9.92. The van der Waals surface area contributed by atoms with Crippen LogP contribution in [0.2, 0.25) is 0 Å². The third-order valence-electron chi connectivity index (χ3n) is 3.15. The minimum Gasteiger partial charge on any atom is -0.393 e. The van der Waals surface area contributed by atoms with E-state index in [1.807, 2.05) is 0 Å². The molecule has 1 aliphatic carbocycles. The molecule has 0 spiro atoms. The van der Waals surface area contributed by atoms with E-state index < -0.39 is 0 Å². The van der Waals surface area contributed by atoms with Gasteiger partial charge >= 0.3 is 0 Å². The normalized spacial score (nSPS) is 34.7. The van der Waals surface area contributed by atoms with Crippen molar-refractivity contribution in [1.29, 1.82) is 0 Å². The first-order chi connectivity index (χ1) is 7.84. The second kappa shape index (κ2) is 6.55. The van der Waals surface area contributed by atoms with Crippen molar-refractivity contribution in [3.8, 4) is 0 Å². The highest BCUT2D eigenvalue weighted by molar-refractivity contribution is 4.78. The zero-order valence-electron chi connectivity index (χ0n) is 9.77. The maximum Gasteiger partial charge on any atom is 0.157 e. The predicted molar refractivity (Wildman–Crippen MR) is 59.1 cm³/mol. The Bertz CT molecular complexity index is 185. The van der Waals surface area contributed by atoms with Gasteiger partial charge in [-0.1, -0.05) is 0 Å². The smallest absolute Gasteiger partial charge is 0.157 e. The van der Waals surface area contributed by atoms with Crippen LogP contribution in [-0.2, 0) is 14.2 Å². The molecule has 2 rings (SSSR count). The Hall–Kier alpha value is -0.160. The van der Waals surface area contributed by atoms with E-state index in [2.05, 4.69) is 0 Å². The number of hydrogen-bond donors (Lipinski definition) is 1. The quantitative estimate of drug-likeness (QED) is 0.702. The van der Waals surface area contributed by atoms with E-state index in [0.29, 0.717) is 6.61 Å². The molecule has 0 bridgehead atoms. The highest BCUT2D eigenvalue weighted by Gasteiger charge is 2.27. The Morgan fingerprint density at radius 3 is 2.62 bits per heavy atom. The summed E-state index contributed by atoms with van der Waals surface area (Å²) in [5.74, 6) is 0. The average molecular weight is 230 g/mol. The fraction of sp³-hybridized carbons (Fsp3) is 1.00. The summed E-state index contributed by atoms with van der Waals surface area (Å²) in [5.41, 5.74) is 0. The first-order valence-electron chi connectivity index (χ1n) is 6.37. The first kappa shape index (κ1) is 12.3. The SMILES string of the molecule is O[C@H]1C[C@@H](OCCCOC2CCCCO2)C1. The van der Waals surface area contributed by atoms with Crippen molar-refractivity contribution in [2.45, 2.75) is 57.0 Å². The molecule has 16 heavy (non-hydrogen) atoms. The van der Waals surface area contributed by atoms with Gasteiger partial charge < -0.3 is 19.3 Å². The molecule has 4 heteroatoms. The van der Waals surface area contributed by atoms with Crippen LogP contribution in [0, 0.1) is 0 Å². The average Bonchev–Trinajstić information content (AvgIpc) is 2.27. The van der Waals surface area contributed by atoms with Gasteiger partial charge in [-0.2, -0.15) is 0 Å². The van der Waals surface area contributed by atoms with Gasteiger partial charge in [-0.15, -0.1) is 0 Å². The van der Waals surface area contributed by atoms with Crippen LogP contribution in [0.3, 0.4) is 0 Å². The van der Waals surface area contributed by atoms with Crippen molar-refractivity contribution in [3.63, 3.8) is 0 Å². The van der Waals surface area contributed by atoms with Crippen molar-refractivity contribution < 1.29 is 19.3 Å². The van der Waals surface area contributed by atoms with E-state index in [-0.39, 0.29) is 18.5 Å². The summed E-state index contributed by atoms with van der Waals surface area (Å²) < 4.78 is 16.6. The Kier molecular flexibility index (Phi) is 5.03. The minimum absolute atomic E-state index is 0.0132. The molecule has 1 heterocycles. The van der Waals surface area contributed by atoms with Crippen LogP contribution in [0.4, 0.5) is 0 Å². The standard InChI is InChI=1S/C12H22O4/c13-10-8-11(9-10)14-6-3-7-16-12-4-1-2-5-15-12/h10-13H,1-9H2/t10-,11+,12?. The molecule has 1 saturated carbocycles. The van der Waals surface area contributed by atoms with Gasteiger partial charge in [0.1, 0.15) is 0 Å². The number of hydrogen-bond acceptors (Lipinski definition) is 4. The lowest BCUT2D eigenvalue weighted by Gasteiger charge is -2.31. The third kappa shape index (κ3) is 4.01. The van der Waals surface area contributed by atoms with Gasteiger partial charge in [0, 0.05) is 13.2 Å². The van der Waals surface area contributed by atoms with Crippen LogP contribution < -0.4 is 0 Å². The van der Waals surface area contributed by atoms with Crippen LogP contribution in [0.1, 0.15) is 38.5 Å². The van der Waals surface area contributed by atoms with Crippen LogP contribution in [0.5, 0.6) is 0 Å². The number of rotatable bonds is 6. The summed E-state index contributed by atoms with van der Waals surface area (Å²) in [4.78, 5) is 0. The molecule has 4 nitrogen and oxygen atoms in total. The van der Waals surface area contributed by atoms with E-state index in [9.17, 15) is 0 Å². The van der Waals surface area contributed by atoms with Crippen LogP contribution in [0.25, 0.3) is 0 Å². The van der Waals surface area contributed by atoms with Gasteiger partial charge in [-0.25, -0.2) is 0 Å². The number of aliphatic hydroxyl groups is 1. The van der Waals surface area contributed by atoms with Crippen LogP contribution in [0.15, 0.2) is 0 Å². The molecular formula is C12H22O4. The number of ether oxygens (including phenoxy) is 3. The second-order valence-corrected chi connectivity index (χ2v) is 4.64. The molecule has 2 aliphatic rings. The van der Waals surface area contributed by atoms with Crippen molar-refractivity contribution in [2.75, 3.05) is 19.8 Å². The summed E-state index contributed by atoms with van der Waals surface area (Å²) in [6.45, 7) is 2.27. The number of aliphatic hydroxyl groups excluding tert-OH is 1. The zero-order valence-corrected chi connectivity index (χ0v) is 9.77. The summed E-state index contributed by atoms with van der Waals surface area (Å²) in [5, 5.41) is 9.07. The molecular weight excluding hydrogens is 208 g/mol. The molecule has 94 valence electrons. The van der Waals surface area contributed by atoms with E-state index in [0.717, 1.165) is 45.3 Å². The summed E-state index contributed by atoms with van der Waals surface area (Å²) in [6.07, 6.45) is 6.06. The van der Waals surface area contributed by atoms with Crippen molar-refractivity contribution in [2.24, 2.45) is 0 Å². The molecule has 0 amide bonds. The highest BCUT2D eigenvalue weighted by Crippen LogP contribution is 2.22. The van der Waals surface area contributed by atoms with Crippen LogP contribution >= 0.6 is 0 Å². The van der Waals surface area contributed by atoms with E-state index in [4.69, 9.17) is 19.3 Å². The lowest BCUT2D eigenvalue weighted by molar-refractivity contribution is -0.165. The first-order valence-corrected chi connectivity index (χ1v) is 6.37. The monoisotopic (exact) mass is 230 g/mol. The fourth-order valence-corrected chi connectivity index (χ4v) is 2.04. The van der Waals surface area contributed by atoms with Crippen molar-refractivity contribution in [3.05, 3.63) is 0 Å². The predicted octanol–water partition coefficient (Wildman–Crippen LogP) is 1.46. The molecule has 1 N–H and O–H groups in total. The zero-order chi connectivity index (χ0) is 11.2. The van der Waals surface area contributed by atoms with Gasteiger partial charge in [0.2, 0.25) is 0 Å². The molecule has 0 radical (unpaired) electrons. The van der Waals surface area contributed by atoms with Gasteiger partial charge in [0.05, 0.1) is 18.8 Å². The van der Waals surface area contributed by atoms with Gasteiger partial charge in [-0.3, -0.25) is 0 Å². The Morgan fingerprint density at radius 2 is 1.94 bits per heavy atom.